The molecule has 7 heteroatoms. The molecular weight excluding hydrogens is 318 g/mol. The van der Waals surface area contributed by atoms with Crippen LogP contribution in [0.5, 0.6) is 0 Å². The van der Waals surface area contributed by atoms with Crippen molar-refractivity contribution >= 4 is 29.2 Å². The molecule has 2 saturated heterocycles. The molecule has 2 aliphatic rings. The number of amides is 3. The lowest BCUT2D eigenvalue weighted by Crippen LogP contribution is -2.40. The van der Waals surface area contributed by atoms with E-state index in [1.807, 2.05) is 13.0 Å². The Morgan fingerprint density at radius 3 is 2.78 bits per heavy atom. The molecule has 23 heavy (non-hydrogen) atoms. The summed E-state index contributed by atoms with van der Waals surface area (Å²) in [6, 6.07) is 5.23. The lowest BCUT2D eigenvalue weighted by atomic mass is 10.0. The number of rotatable bonds is 2. The molecule has 3 amide bonds. The summed E-state index contributed by atoms with van der Waals surface area (Å²) < 4.78 is 5.32. The van der Waals surface area contributed by atoms with Crippen molar-refractivity contribution in [3.8, 4) is 0 Å². The fourth-order valence-corrected chi connectivity index (χ4v) is 3.55. The van der Waals surface area contributed by atoms with Gasteiger partial charge in [0.05, 0.1) is 6.04 Å². The van der Waals surface area contributed by atoms with Crippen LogP contribution in [0.2, 0.25) is 5.02 Å². The molecule has 3 atom stereocenters. The molecule has 124 valence electrons. The van der Waals surface area contributed by atoms with Crippen molar-refractivity contribution in [3.05, 3.63) is 28.8 Å². The molecule has 0 bridgehead atoms. The highest BCUT2D eigenvalue weighted by Crippen LogP contribution is 2.33. The maximum absolute atomic E-state index is 12.5. The minimum absolute atomic E-state index is 0.00381. The third kappa shape index (κ3) is 2.77. The monoisotopic (exact) mass is 337 g/mol. The van der Waals surface area contributed by atoms with Gasteiger partial charge in [-0.15, -0.1) is 0 Å². The molecule has 0 radical (unpaired) electrons. The number of anilines is 1. The molecule has 6 nitrogen and oxygen atoms in total. The van der Waals surface area contributed by atoms with Crippen LogP contribution in [0.3, 0.4) is 0 Å². The average Bonchev–Trinajstić information content (AvgIpc) is 3.03. The lowest BCUT2D eigenvalue weighted by molar-refractivity contribution is -0.136. The number of nitrogens with zero attached hydrogens (tertiary/aromatic N) is 2. The molecule has 3 rings (SSSR count). The van der Waals surface area contributed by atoms with Gasteiger partial charge >= 0.3 is 6.03 Å². The van der Waals surface area contributed by atoms with Gasteiger partial charge in [0.2, 0.25) is 0 Å². The number of benzene rings is 1. The quantitative estimate of drug-likeness (QED) is 0.897. The zero-order valence-corrected chi connectivity index (χ0v) is 14.1. The zero-order valence-electron chi connectivity index (χ0n) is 13.4. The van der Waals surface area contributed by atoms with Crippen LogP contribution in [-0.2, 0) is 9.53 Å². The Balaban J connectivity index is 1.68. The Labute approximate surface area is 140 Å². The minimum Gasteiger partial charge on any atom is -0.371 e. The van der Waals surface area contributed by atoms with Crippen LogP contribution in [0.1, 0.15) is 5.56 Å². The second kappa shape index (κ2) is 6.02. The number of carbonyl (C=O) groups is 2. The summed E-state index contributed by atoms with van der Waals surface area (Å²) in [5, 5.41) is 3.55. The first-order valence-electron chi connectivity index (χ1n) is 7.54. The molecule has 2 heterocycles. The Morgan fingerprint density at radius 1 is 1.39 bits per heavy atom. The van der Waals surface area contributed by atoms with Gasteiger partial charge in [0.25, 0.3) is 5.91 Å². The van der Waals surface area contributed by atoms with E-state index < -0.39 is 6.10 Å². The molecule has 2 aliphatic heterocycles. The van der Waals surface area contributed by atoms with E-state index in [2.05, 4.69) is 5.32 Å². The van der Waals surface area contributed by atoms with E-state index in [1.54, 1.807) is 29.0 Å². The van der Waals surface area contributed by atoms with Crippen molar-refractivity contribution in [1.82, 2.24) is 9.80 Å². The highest BCUT2D eigenvalue weighted by molar-refractivity contribution is 6.31. The average molecular weight is 338 g/mol. The molecule has 0 unspecified atom stereocenters. The fraction of sp³-hybridized carbons (Fsp3) is 0.500. The van der Waals surface area contributed by atoms with Crippen LogP contribution < -0.4 is 5.32 Å². The third-order valence-corrected chi connectivity index (χ3v) is 5.18. The van der Waals surface area contributed by atoms with Gasteiger partial charge in [0.1, 0.15) is 6.10 Å². The van der Waals surface area contributed by atoms with Crippen LogP contribution in [0.25, 0.3) is 0 Å². The van der Waals surface area contributed by atoms with E-state index in [0.717, 1.165) is 5.56 Å². The summed E-state index contributed by atoms with van der Waals surface area (Å²) in [6.45, 7) is 2.92. The van der Waals surface area contributed by atoms with Crippen LogP contribution in [0, 0.1) is 12.8 Å². The zero-order chi connectivity index (χ0) is 16.7. The predicted molar refractivity (Wildman–Crippen MR) is 87.6 cm³/mol. The van der Waals surface area contributed by atoms with Gasteiger partial charge in [0, 0.05) is 43.9 Å². The first kappa shape index (κ1) is 16.1. The van der Waals surface area contributed by atoms with Crippen molar-refractivity contribution in [2.75, 3.05) is 32.6 Å². The number of halogens is 1. The number of likely N-dealkylation sites (N-methyl/N-ethyl adjacent to an activating group) is 1. The minimum atomic E-state index is -0.458. The number of hydrogen-bond donors (Lipinski definition) is 1. The second-order valence-corrected chi connectivity index (χ2v) is 6.54. The van der Waals surface area contributed by atoms with Gasteiger partial charge in [0.15, 0.2) is 0 Å². The molecule has 0 aliphatic carbocycles. The van der Waals surface area contributed by atoms with Gasteiger partial charge in [-0.05, 0) is 30.7 Å². The first-order valence-corrected chi connectivity index (χ1v) is 7.91. The van der Waals surface area contributed by atoms with E-state index >= 15 is 0 Å². The number of nitrogens with one attached hydrogen (secondary N) is 1. The molecule has 2 fully saturated rings. The topological polar surface area (TPSA) is 61.9 Å². The van der Waals surface area contributed by atoms with Crippen molar-refractivity contribution in [3.63, 3.8) is 0 Å². The smallest absolute Gasteiger partial charge is 0.321 e. The highest BCUT2D eigenvalue weighted by atomic mass is 35.5. The second-order valence-electron chi connectivity index (χ2n) is 6.14. The Bertz CT molecular complexity index is 651. The number of carbonyl (C=O) groups excluding carboxylic acids is 2. The van der Waals surface area contributed by atoms with E-state index in [-0.39, 0.29) is 23.9 Å². The summed E-state index contributed by atoms with van der Waals surface area (Å²) in [4.78, 5) is 27.9. The van der Waals surface area contributed by atoms with Crippen LogP contribution in [0.15, 0.2) is 18.2 Å². The van der Waals surface area contributed by atoms with E-state index in [0.29, 0.717) is 23.8 Å². The Hall–Kier alpha value is -1.79. The lowest BCUT2D eigenvalue weighted by Gasteiger charge is -2.22. The number of likely N-dealkylation sites (tertiary alicyclic amines) is 2. The normalized spacial score (nSPS) is 26.6. The highest BCUT2D eigenvalue weighted by Gasteiger charge is 2.52. The van der Waals surface area contributed by atoms with Crippen LogP contribution >= 0.6 is 11.6 Å². The maximum atomic E-state index is 12.5. The number of aryl methyl sites for hydroxylation is 1. The number of urea groups is 1. The Morgan fingerprint density at radius 2 is 2.13 bits per heavy atom. The fourth-order valence-electron chi connectivity index (χ4n) is 3.43. The van der Waals surface area contributed by atoms with Crippen LogP contribution in [0.4, 0.5) is 10.5 Å². The summed E-state index contributed by atoms with van der Waals surface area (Å²) in [5.74, 6) is 0.0195. The summed E-state index contributed by atoms with van der Waals surface area (Å²) >= 11 is 6.00. The van der Waals surface area contributed by atoms with Gasteiger partial charge in [-0.2, -0.15) is 0 Å². The predicted octanol–water partition coefficient (Wildman–Crippen LogP) is 1.97. The molecule has 1 aromatic rings. The van der Waals surface area contributed by atoms with Gasteiger partial charge < -0.3 is 19.9 Å². The van der Waals surface area contributed by atoms with Crippen LogP contribution in [-0.4, -0.2) is 61.1 Å². The van der Waals surface area contributed by atoms with Crippen molar-refractivity contribution in [2.24, 2.45) is 5.92 Å². The number of ether oxygens (including phenoxy) is 1. The largest absolute Gasteiger partial charge is 0.371 e. The SMILES string of the molecule is CO[C@@H]1C(=O)N(C)[C@@H]2CN(C(=O)Nc3ccc(Cl)c(C)c3)C[C@H]12. The molecule has 1 N–H and O–H groups in total. The number of methoxy groups -OCH3 is 1. The van der Waals surface area contributed by atoms with Crippen molar-refractivity contribution in [2.45, 2.75) is 19.1 Å². The summed E-state index contributed by atoms with van der Waals surface area (Å²) in [7, 11) is 3.31. The molecule has 0 spiro atoms. The van der Waals surface area contributed by atoms with Gasteiger partial charge in [-0.25, -0.2) is 4.79 Å². The molecule has 1 aromatic carbocycles. The summed E-state index contributed by atoms with van der Waals surface area (Å²) in [5.41, 5.74) is 1.62. The van der Waals surface area contributed by atoms with E-state index in [1.165, 1.54) is 7.11 Å². The third-order valence-electron chi connectivity index (χ3n) is 4.76. The van der Waals surface area contributed by atoms with Gasteiger partial charge in [-0.3, -0.25) is 4.79 Å². The summed E-state index contributed by atoms with van der Waals surface area (Å²) in [6.07, 6.45) is -0.458. The first-order chi connectivity index (χ1) is 10.9. The van der Waals surface area contributed by atoms with Gasteiger partial charge in [-0.1, -0.05) is 11.6 Å². The Kier molecular flexibility index (Phi) is 4.21. The van der Waals surface area contributed by atoms with Crippen molar-refractivity contribution in [1.29, 1.82) is 0 Å². The standard InChI is InChI=1S/C16H20ClN3O3/c1-9-6-10(4-5-12(9)17)18-16(22)20-7-11-13(8-20)19(2)15(21)14(11)23-3/h4-6,11,13-14H,7-8H2,1-3H3,(H,18,22)/t11-,13+,14-/m0/s1. The molecule has 0 aromatic heterocycles. The maximum Gasteiger partial charge on any atom is 0.321 e. The molecule has 0 saturated carbocycles. The van der Waals surface area contributed by atoms with E-state index in [9.17, 15) is 9.59 Å². The van der Waals surface area contributed by atoms with E-state index in [4.69, 9.17) is 16.3 Å². The molecular formula is C16H20ClN3O3. The number of hydrogen-bond acceptors (Lipinski definition) is 3. The number of fused-ring (bicyclic) bond motifs is 1. The van der Waals surface area contributed by atoms with Crippen molar-refractivity contribution < 1.29 is 14.3 Å².